The molecule has 24 heavy (non-hydrogen) atoms. The number of carbonyl (C=O) groups excluding carboxylic acids is 1. The largest absolute Gasteiger partial charge is 0.337 e. The van der Waals surface area contributed by atoms with Gasteiger partial charge >= 0.3 is 0 Å². The molecule has 0 aromatic carbocycles. The molecule has 1 saturated heterocycles. The highest BCUT2D eigenvalue weighted by atomic mass is 32.2. The van der Waals surface area contributed by atoms with Crippen LogP contribution in [0.5, 0.6) is 0 Å². The number of hydrogen-bond donors (Lipinski definition) is 0. The molecule has 0 N–H and O–H groups in total. The van der Waals surface area contributed by atoms with E-state index in [1.165, 1.54) is 22.2 Å². The molecule has 0 saturated carbocycles. The maximum Gasteiger partial charge on any atom is 0.271 e. The highest BCUT2D eigenvalue weighted by Gasteiger charge is 2.34. The first-order valence-electron chi connectivity index (χ1n) is 7.84. The van der Waals surface area contributed by atoms with Gasteiger partial charge in [-0.05, 0) is 24.3 Å². The van der Waals surface area contributed by atoms with E-state index in [0.717, 1.165) is 6.42 Å². The van der Waals surface area contributed by atoms with Gasteiger partial charge in [0.1, 0.15) is 11.2 Å². The molecule has 1 aliphatic heterocycles. The first-order valence-corrected chi connectivity index (χ1v) is 10.5. The van der Waals surface area contributed by atoms with Crippen molar-refractivity contribution in [1.82, 2.24) is 14.5 Å². The maximum absolute atomic E-state index is 12.7. The van der Waals surface area contributed by atoms with Crippen molar-refractivity contribution in [2.75, 3.05) is 18.1 Å². The van der Waals surface area contributed by atoms with Gasteiger partial charge in [0, 0.05) is 12.6 Å². The minimum absolute atomic E-state index is 0.00977. The molecule has 1 aliphatic rings. The van der Waals surface area contributed by atoms with Crippen molar-refractivity contribution in [3.63, 3.8) is 0 Å². The van der Waals surface area contributed by atoms with Crippen LogP contribution in [0.1, 0.15) is 19.8 Å². The highest BCUT2D eigenvalue weighted by molar-refractivity contribution is 7.91. The first-order chi connectivity index (χ1) is 11.4. The molecule has 0 radical (unpaired) electrons. The summed E-state index contributed by atoms with van der Waals surface area (Å²) in [5, 5.41) is 1.79. The van der Waals surface area contributed by atoms with Gasteiger partial charge in [-0.15, -0.1) is 11.3 Å². The summed E-state index contributed by atoms with van der Waals surface area (Å²) in [6.45, 7) is 2.31. The number of sulfone groups is 1. The Morgan fingerprint density at radius 3 is 2.96 bits per heavy atom. The summed E-state index contributed by atoms with van der Waals surface area (Å²) in [7, 11) is -3.07. The zero-order valence-electron chi connectivity index (χ0n) is 13.3. The zero-order chi connectivity index (χ0) is 17.3. The highest BCUT2D eigenvalue weighted by Crippen LogP contribution is 2.19. The minimum atomic E-state index is -3.07. The van der Waals surface area contributed by atoms with Crippen LogP contribution in [-0.4, -0.2) is 52.9 Å². The fourth-order valence-electron chi connectivity index (χ4n) is 3.00. The van der Waals surface area contributed by atoms with Crippen LogP contribution in [0, 0.1) is 0 Å². The van der Waals surface area contributed by atoms with Gasteiger partial charge in [-0.2, -0.15) is 0 Å². The molecule has 9 heteroatoms. The second-order valence-corrected chi connectivity index (χ2v) is 9.10. The van der Waals surface area contributed by atoms with Crippen molar-refractivity contribution in [1.29, 1.82) is 0 Å². The van der Waals surface area contributed by atoms with Gasteiger partial charge in [-0.25, -0.2) is 13.4 Å². The Labute approximate surface area is 143 Å². The summed E-state index contributed by atoms with van der Waals surface area (Å²) in [5.74, 6) is -0.109. The Hall–Kier alpha value is -1.74. The fourth-order valence-corrected chi connectivity index (χ4v) is 5.52. The first kappa shape index (κ1) is 17.1. The summed E-state index contributed by atoms with van der Waals surface area (Å²) in [5.41, 5.74) is 0.389. The van der Waals surface area contributed by atoms with Crippen LogP contribution in [0.2, 0.25) is 0 Å². The number of amides is 1. The molecule has 1 fully saturated rings. The Kier molecular flexibility index (Phi) is 4.73. The van der Waals surface area contributed by atoms with Crippen LogP contribution in [0.3, 0.4) is 0 Å². The van der Waals surface area contributed by atoms with Gasteiger partial charge in [0.15, 0.2) is 9.84 Å². The van der Waals surface area contributed by atoms with Crippen LogP contribution in [0.15, 0.2) is 22.6 Å². The third-order valence-electron chi connectivity index (χ3n) is 4.18. The van der Waals surface area contributed by atoms with Gasteiger partial charge in [0.05, 0.1) is 23.3 Å². The van der Waals surface area contributed by atoms with Crippen LogP contribution in [0.25, 0.3) is 10.2 Å². The van der Waals surface area contributed by atoms with Crippen LogP contribution < -0.4 is 5.56 Å². The van der Waals surface area contributed by atoms with Crippen LogP contribution in [-0.2, 0) is 21.2 Å². The van der Waals surface area contributed by atoms with Gasteiger partial charge in [0.25, 0.3) is 5.56 Å². The monoisotopic (exact) mass is 369 g/mol. The summed E-state index contributed by atoms with van der Waals surface area (Å²) < 4.78 is 25.2. The van der Waals surface area contributed by atoms with Crippen molar-refractivity contribution < 1.29 is 13.2 Å². The molecule has 1 amide bonds. The van der Waals surface area contributed by atoms with Gasteiger partial charge in [-0.3, -0.25) is 14.2 Å². The number of carbonyl (C=O) groups is 1. The molecule has 0 aliphatic carbocycles. The Morgan fingerprint density at radius 2 is 2.29 bits per heavy atom. The van der Waals surface area contributed by atoms with E-state index in [2.05, 4.69) is 4.98 Å². The third-order valence-corrected chi connectivity index (χ3v) is 6.82. The molecule has 0 bridgehead atoms. The lowest BCUT2D eigenvalue weighted by molar-refractivity contribution is -0.133. The normalized spacial score (nSPS) is 19.6. The molecule has 1 unspecified atom stereocenters. The smallest absolute Gasteiger partial charge is 0.271 e. The number of fused-ring (bicyclic) bond motifs is 1. The lowest BCUT2D eigenvalue weighted by atomic mass is 10.2. The zero-order valence-corrected chi connectivity index (χ0v) is 15.0. The standard InChI is InChI=1S/C15H19N3O4S2/c1-2-5-18(11-4-7-24(21,22)9-11)13(19)8-17-10-16-12-3-6-23-14(12)15(17)20/h3,6,10-11H,2,4-5,7-9H2,1H3. The summed E-state index contributed by atoms with van der Waals surface area (Å²) >= 11 is 1.30. The second-order valence-electron chi connectivity index (χ2n) is 5.96. The Bertz CT molecular complexity index is 916. The maximum atomic E-state index is 12.7. The van der Waals surface area contributed by atoms with Crippen molar-refractivity contribution in [2.24, 2.45) is 0 Å². The van der Waals surface area contributed by atoms with Crippen molar-refractivity contribution in [3.8, 4) is 0 Å². The number of rotatable bonds is 5. The van der Waals surface area contributed by atoms with Crippen LogP contribution >= 0.6 is 11.3 Å². The fraction of sp³-hybridized carbons (Fsp3) is 0.533. The average molecular weight is 369 g/mol. The molecule has 1 atom stereocenters. The average Bonchev–Trinajstić information content (AvgIpc) is 3.14. The number of hydrogen-bond acceptors (Lipinski definition) is 6. The van der Waals surface area contributed by atoms with E-state index in [-0.39, 0.29) is 35.6 Å². The summed E-state index contributed by atoms with van der Waals surface area (Å²) in [6.07, 6.45) is 2.58. The van der Waals surface area contributed by atoms with E-state index < -0.39 is 9.84 Å². The summed E-state index contributed by atoms with van der Waals surface area (Å²) in [6, 6.07) is 1.47. The summed E-state index contributed by atoms with van der Waals surface area (Å²) in [4.78, 5) is 30.9. The SMILES string of the molecule is CCCN(C(=O)Cn1cnc2ccsc2c1=O)C1CCS(=O)(=O)C1. The molecule has 2 aromatic rings. The number of thiophene rings is 1. The number of nitrogens with zero attached hydrogens (tertiary/aromatic N) is 3. The van der Waals surface area contributed by atoms with Crippen molar-refractivity contribution >= 4 is 37.3 Å². The predicted octanol–water partition coefficient (Wildman–Crippen LogP) is 0.884. The second kappa shape index (κ2) is 6.64. The molecule has 3 heterocycles. The molecule has 130 valence electrons. The van der Waals surface area contributed by atoms with Crippen molar-refractivity contribution in [2.45, 2.75) is 32.4 Å². The minimum Gasteiger partial charge on any atom is -0.337 e. The molecule has 0 spiro atoms. The van der Waals surface area contributed by atoms with E-state index >= 15 is 0 Å². The van der Waals surface area contributed by atoms with Gasteiger partial charge in [-0.1, -0.05) is 6.92 Å². The molecular formula is C15H19N3O4S2. The van der Waals surface area contributed by atoms with E-state index in [4.69, 9.17) is 0 Å². The lowest BCUT2D eigenvalue weighted by Gasteiger charge is -2.28. The van der Waals surface area contributed by atoms with Gasteiger partial charge in [0.2, 0.25) is 5.91 Å². The quantitative estimate of drug-likeness (QED) is 0.781. The molecular weight excluding hydrogens is 350 g/mol. The molecule has 2 aromatic heterocycles. The third kappa shape index (κ3) is 3.36. The van der Waals surface area contributed by atoms with Crippen molar-refractivity contribution in [3.05, 3.63) is 28.1 Å². The Morgan fingerprint density at radius 1 is 1.50 bits per heavy atom. The van der Waals surface area contributed by atoms with Crippen LogP contribution in [0.4, 0.5) is 0 Å². The molecule has 3 rings (SSSR count). The van der Waals surface area contributed by atoms with E-state index in [0.29, 0.717) is 23.2 Å². The topological polar surface area (TPSA) is 89.3 Å². The van der Waals surface area contributed by atoms with Gasteiger partial charge < -0.3 is 4.90 Å². The van der Waals surface area contributed by atoms with E-state index in [9.17, 15) is 18.0 Å². The Balaban J connectivity index is 1.82. The lowest BCUT2D eigenvalue weighted by Crippen LogP contribution is -2.44. The molecule has 7 nitrogen and oxygen atoms in total. The predicted molar refractivity (Wildman–Crippen MR) is 92.9 cm³/mol. The van der Waals surface area contributed by atoms with E-state index in [1.807, 2.05) is 6.92 Å². The number of aromatic nitrogens is 2. The van der Waals surface area contributed by atoms with E-state index in [1.54, 1.807) is 16.3 Å².